The Kier molecular flexibility index (Phi) is 4.16. The number of rotatable bonds is 5. The number of nitrogens with zero attached hydrogens (tertiary/aromatic N) is 1. The summed E-state index contributed by atoms with van der Waals surface area (Å²) in [7, 11) is 0. The monoisotopic (exact) mass is 311 g/mol. The highest BCUT2D eigenvalue weighted by Crippen LogP contribution is 2.35. The molecule has 4 nitrogen and oxygen atoms in total. The van der Waals surface area contributed by atoms with Gasteiger partial charge in [0.1, 0.15) is 5.54 Å². The molecule has 1 fully saturated rings. The number of benzene rings is 1. The lowest BCUT2D eigenvalue weighted by Gasteiger charge is -2.29. The maximum Gasteiger partial charge on any atom is 0.417 e. The number of hydrogen-bond donors (Lipinski definition) is 2. The van der Waals surface area contributed by atoms with E-state index in [4.69, 9.17) is 11.0 Å². The van der Waals surface area contributed by atoms with Crippen LogP contribution in [0.25, 0.3) is 0 Å². The van der Waals surface area contributed by atoms with Crippen molar-refractivity contribution in [1.82, 2.24) is 5.32 Å². The van der Waals surface area contributed by atoms with E-state index in [1.165, 1.54) is 19.1 Å². The molecule has 0 unspecified atom stereocenters. The highest BCUT2D eigenvalue weighted by atomic mass is 19.4. The van der Waals surface area contributed by atoms with E-state index >= 15 is 0 Å². The lowest BCUT2D eigenvalue weighted by atomic mass is 9.88. The predicted molar refractivity (Wildman–Crippen MR) is 73.4 cm³/mol. The van der Waals surface area contributed by atoms with E-state index in [1.54, 1.807) is 0 Å². The minimum absolute atomic E-state index is 0.104. The number of hydrogen-bond acceptors (Lipinski definition) is 3. The molecule has 0 heterocycles. The van der Waals surface area contributed by atoms with Crippen LogP contribution in [0.15, 0.2) is 18.2 Å². The molecular weight excluding hydrogens is 295 g/mol. The van der Waals surface area contributed by atoms with Crippen molar-refractivity contribution in [2.45, 2.75) is 31.5 Å². The maximum absolute atomic E-state index is 13.0. The number of alkyl halides is 3. The fraction of sp³-hybridized carbons (Fsp3) is 0.467. The van der Waals surface area contributed by atoms with Gasteiger partial charge >= 0.3 is 6.18 Å². The van der Waals surface area contributed by atoms with Gasteiger partial charge in [-0.15, -0.1) is 0 Å². The topological polar surface area (TPSA) is 78.9 Å². The van der Waals surface area contributed by atoms with Gasteiger partial charge in [-0.25, -0.2) is 0 Å². The minimum Gasteiger partial charge on any atom is -0.368 e. The first-order chi connectivity index (χ1) is 10.2. The van der Waals surface area contributed by atoms with Crippen LogP contribution in [0, 0.1) is 17.2 Å². The van der Waals surface area contributed by atoms with Crippen LogP contribution < -0.4 is 11.1 Å². The van der Waals surface area contributed by atoms with Gasteiger partial charge in [-0.3, -0.25) is 10.1 Å². The molecule has 0 bridgehead atoms. The van der Waals surface area contributed by atoms with Gasteiger partial charge in [-0.05, 0) is 49.9 Å². The van der Waals surface area contributed by atoms with Gasteiger partial charge < -0.3 is 5.73 Å². The summed E-state index contributed by atoms with van der Waals surface area (Å²) in [4.78, 5) is 11.8. The number of carbonyl (C=O) groups is 1. The number of halogens is 3. The molecule has 1 aromatic rings. The van der Waals surface area contributed by atoms with Gasteiger partial charge in [0.25, 0.3) is 0 Å². The smallest absolute Gasteiger partial charge is 0.368 e. The Hall–Kier alpha value is -2.07. The van der Waals surface area contributed by atoms with Gasteiger partial charge in [0.05, 0.1) is 17.2 Å². The molecule has 1 aliphatic carbocycles. The third kappa shape index (κ3) is 3.22. The van der Waals surface area contributed by atoms with Crippen molar-refractivity contribution in [2.75, 3.05) is 6.54 Å². The van der Waals surface area contributed by atoms with Gasteiger partial charge in [0.2, 0.25) is 5.91 Å². The first kappa shape index (κ1) is 16.3. The largest absolute Gasteiger partial charge is 0.417 e. The van der Waals surface area contributed by atoms with Crippen LogP contribution in [0.1, 0.15) is 36.5 Å². The van der Waals surface area contributed by atoms with Crippen LogP contribution in [0.2, 0.25) is 0 Å². The van der Waals surface area contributed by atoms with Crippen molar-refractivity contribution in [3.8, 4) is 6.07 Å². The first-order valence-corrected chi connectivity index (χ1v) is 6.85. The molecule has 118 valence electrons. The highest BCUT2D eigenvalue weighted by Gasteiger charge is 2.39. The minimum atomic E-state index is -4.67. The Balaban J connectivity index is 2.43. The highest BCUT2D eigenvalue weighted by molar-refractivity contribution is 5.85. The summed E-state index contributed by atoms with van der Waals surface area (Å²) in [5, 5.41) is 11.8. The molecule has 1 amide bonds. The van der Waals surface area contributed by atoms with Crippen molar-refractivity contribution < 1.29 is 18.0 Å². The van der Waals surface area contributed by atoms with E-state index in [9.17, 15) is 18.0 Å². The van der Waals surface area contributed by atoms with Gasteiger partial charge in [0.15, 0.2) is 0 Å². The molecule has 1 atom stereocenters. The Morgan fingerprint density at radius 3 is 2.55 bits per heavy atom. The van der Waals surface area contributed by atoms with Crippen LogP contribution in [-0.4, -0.2) is 12.5 Å². The Bertz CT molecular complexity index is 632. The fourth-order valence-electron chi connectivity index (χ4n) is 2.19. The lowest BCUT2D eigenvalue weighted by molar-refractivity contribution is -0.138. The van der Waals surface area contributed by atoms with Crippen LogP contribution >= 0.6 is 0 Å². The summed E-state index contributed by atoms with van der Waals surface area (Å²) in [6, 6.07) is 4.74. The molecule has 0 aliphatic heterocycles. The summed E-state index contributed by atoms with van der Waals surface area (Å²) < 4.78 is 39.1. The second kappa shape index (κ2) is 5.61. The average molecular weight is 311 g/mol. The van der Waals surface area contributed by atoms with E-state index in [1.807, 2.05) is 0 Å². The molecule has 0 spiro atoms. The number of carbonyl (C=O) groups excluding carboxylic acids is 1. The molecule has 1 saturated carbocycles. The molecule has 0 radical (unpaired) electrons. The summed E-state index contributed by atoms with van der Waals surface area (Å²) in [6.45, 7) is 1.97. The molecular formula is C15H16F3N3O. The molecule has 7 heteroatoms. The summed E-state index contributed by atoms with van der Waals surface area (Å²) in [5.41, 5.74) is 2.55. The zero-order chi connectivity index (χ0) is 16.5. The SMILES string of the molecule is C[C@](NCC1CC1)(C(N)=O)c1ccc(C#N)c(C(F)(F)F)c1. The average Bonchev–Trinajstić information content (AvgIpc) is 3.27. The summed E-state index contributed by atoms with van der Waals surface area (Å²) >= 11 is 0. The van der Waals surface area contributed by atoms with Crippen molar-refractivity contribution in [1.29, 1.82) is 5.26 Å². The lowest BCUT2D eigenvalue weighted by Crippen LogP contribution is -2.51. The Morgan fingerprint density at radius 1 is 1.45 bits per heavy atom. The van der Waals surface area contributed by atoms with Gasteiger partial charge in [-0.1, -0.05) is 6.07 Å². The van der Waals surface area contributed by atoms with Crippen LogP contribution in [0.4, 0.5) is 13.2 Å². The Morgan fingerprint density at radius 2 is 2.09 bits per heavy atom. The standard InChI is InChI=1S/C15H16F3N3O/c1-14(13(20)22,21-8-9-2-3-9)11-5-4-10(7-19)12(6-11)15(16,17)18/h4-6,9,21H,2-3,8H2,1H3,(H2,20,22)/t14-/m1/s1. The predicted octanol–water partition coefficient (Wildman–Crippen LogP) is 2.28. The van der Waals surface area contributed by atoms with E-state index in [2.05, 4.69) is 5.32 Å². The maximum atomic E-state index is 13.0. The van der Waals surface area contributed by atoms with Crippen LogP contribution in [0.3, 0.4) is 0 Å². The summed E-state index contributed by atoms with van der Waals surface area (Å²) in [5.74, 6) is -0.329. The van der Waals surface area contributed by atoms with E-state index in [-0.39, 0.29) is 5.56 Å². The summed E-state index contributed by atoms with van der Waals surface area (Å²) in [6.07, 6.45) is -2.61. The van der Waals surface area contributed by atoms with Crippen molar-refractivity contribution in [3.05, 3.63) is 34.9 Å². The van der Waals surface area contributed by atoms with Crippen molar-refractivity contribution in [2.24, 2.45) is 11.7 Å². The van der Waals surface area contributed by atoms with E-state index in [0.29, 0.717) is 12.5 Å². The third-order valence-electron chi connectivity index (χ3n) is 3.96. The fourth-order valence-corrected chi connectivity index (χ4v) is 2.19. The van der Waals surface area contributed by atoms with Gasteiger partial charge in [0, 0.05) is 0 Å². The molecule has 1 aromatic carbocycles. The molecule has 1 aliphatic rings. The second-order valence-electron chi connectivity index (χ2n) is 5.68. The quantitative estimate of drug-likeness (QED) is 0.875. The zero-order valence-electron chi connectivity index (χ0n) is 12.0. The van der Waals surface area contributed by atoms with Gasteiger partial charge in [-0.2, -0.15) is 18.4 Å². The van der Waals surface area contributed by atoms with Crippen LogP contribution in [0.5, 0.6) is 0 Å². The normalized spacial score (nSPS) is 17.6. The van der Waals surface area contributed by atoms with Crippen molar-refractivity contribution in [3.63, 3.8) is 0 Å². The number of nitrogens with one attached hydrogen (secondary N) is 1. The molecule has 22 heavy (non-hydrogen) atoms. The molecule has 3 N–H and O–H groups in total. The molecule has 2 rings (SSSR count). The molecule has 0 aromatic heterocycles. The first-order valence-electron chi connectivity index (χ1n) is 6.85. The van der Waals surface area contributed by atoms with Crippen molar-refractivity contribution >= 4 is 5.91 Å². The number of nitriles is 1. The number of primary amides is 1. The molecule has 0 saturated heterocycles. The number of amides is 1. The third-order valence-corrected chi connectivity index (χ3v) is 3.96. The second-order valence-corrected chi connectivity index (χ2v) is 5.68. The Labute approximate surface area is 126 Å². The van der Waals surface area contributed by atoms with E-state index < -0.39 is 28.7 Å². The van der Waals surface area contributed by atoms with Crippen LogP contribution in [-0.2, 0) is 16.5 Å². The van der Waals surface area contributed by atoms with E-state index in [0.717, 1.165) is 25.0 Å². The number of nitrogens with two attached hydrogens (primary N) is 1. The zero-order valence-corrected chi connectivity index (χ0v) is 12.0.